The molecule has 2 aliphatic heterocycles. The molecule has 0 amide bonds. The Bertz CT molecular complexity index is 407. The lowest BCUT2D eigenvalue weighted by molar-refractivity contribution is 0.109. The fourth-order valence-electron chi connectivity index (χ4n) is 3.36. The van der Waals surface area contributed by atoms with E-state index in [0.29, 0.717) is 0 Å². The van der Waals surface area contributed by atoms with Crippen molar-refractivity contribution in [2.24, 2.45) is 5.92 Å². The highest BCUT2D eigenvalue weighted by molar-refractivity contribution is 5.16. The molecular formula is C15H21FN2. The van der Waals surface area contributed by atoms with Gasteiger partial charge in [-0.15, -0.1) is 0 Å². The van der Waals surface area contributed by atoms with Gasteiger partial charge >= 0.3 is 0 Å². The summed E-state index contributed by atoms with van der Waals surface area (Å²) >= 11 is 0. The second kappa shape index (κ2) is 5.37. The van der Waals surface area contributed by atoms with Crippen LogP contribution in [0.4, 0.5) is 4.39 Å². The lowest BCUT2D eigenvalue weighted by Crippen LogP contribution is -2.51. The first kappa shape index (κ1) is 12.1. The standard InChI is InChI=1S/C15H21FN2/c16-14-5-1-3-12(9-14)10-18-8-6-15-13(11-18)4-2-7-17-15/h1,3,5,9,13,15,17H,2,4,6-8,10-11H2. The third-order valence-electron chi connectivity index (χ3n) is 4.27. The second-order valence-electron chi connectivity index (χ2n) is 5.62. The normalized spacial score (nSPS) is 28.9. The molecule has 0 aliphatic carbocycles. The highest BCUT2D eigenvalue weighted by Gasteiger charge is 2.30. The van der Waals surface area contributed by atoms with E-state index in [-0.39, 0.29) is 5.82 Å². The van der Waals surface area contributed by atoms with Crippen LogP contribution >= 0.6 is 0 Å². The van der Waals surface area contributed by atoms with Gasteiger partial charge in [-0.05, 0) is 56.0 Å². The highest BCUT2D eigenvalue weighted by atomic mass is 19.1. The maximum absolute atomic E-state index is 13.2. The molecule has 2 saturated heterocycles. The van der Waals surface area contributed by atoms with Crippen LogP contribution in [0.15, 0.2) is 24.3 Å². The molecule has 2 aliphatic rings. The van der Waals surface area contributed by atoms with Gasteiger partial charge in [-0.2, -0.15) is 0 Å². The molecule has 2 fully saturated rings. The Balaban J connectivity index is 1.61. The van der Waals surface area contributed by atoms with E-state index >= 15 is 0 Å². The Labute approximate surface area is 108 Å². The third-order valence-corrected chi connectivity index (χ3v) is 4.27. The van der Waals surface area contributed by atoms with Crippen LogP contribution in [0.3, 0.4) is 0 Å². The van der Waals surface area contributed by atoms with Crippen LogP contribution in [0, 0.1) is 11.7 Å². The van der Waals surface area contributed by atoms with Crippen LogP contribution in [0.1, 0.15) is 24.8 Å². The van der Waals surface area contributed by atoms with Gasteiger partial charge in [0.1, 0.15) is 5.82 Å². The smallest absolute Gasteiger partial charge is 0.123 e. The SMILES string of the molecule is Fc1cccc(CN2CCC3NCCCC3C2)c1. The molecule has 0 bridgehead atoms. The first-order chi connectivity index (χ1) is 8.81. The number of fused-ring (bicyclic) bond motifs is 1. The summed E-state index contributed by atoms with van der Waals surface area (Å²) in [5.74, 6) is 0.669. The topological polar surface area (TPSA) is 15.3 Å². The van der Waals surface area contributed by atoms with E-state index in [2.05, 4.69) is 10.2 Å². The molecule has 18 heavy (non-hydrogen) atoms. The van der Waals surface area contributed by atoms with E-state index in [1.165, 1.54) is 31.9 Å². The molecule has 3 rings (SSSR count). The van der Waals surface area contributed by atoms with E-state index in [9.17, 15) is 4.39 Å². The Morgan fingerprint density at radius 3 is 3.17 bits per heavy atom. The minimum atomic E-state index is -0.123. The molecule has 0 saturated carbocycles. The van der Waals surface area contributed by atoms with Crippen LogP contribution in [0.2, 0.25) is 0 Å². The summed E-state index contributed by atoms with van der Waals surface area (Å²) in [6.45, 7) is 4.37. The van der Waals surface area contributed by atoms with Gasteiger partial charge in [0.2, 0.25) is 0 Å². The van der Waals surface area contributed by atoms with Crippen molar-refractivity contribution in [1.29, 1.82) is 0 Å². The molecule has 2 unspecified atom stereocenters. The van der Waals surface area contributed by atoms with E-state index < -0.39 is 0 Å². The molecule has 1 aromatic carbocycles. The summed E-state index contributed by atoms with van der Waals surface area (Å²) < 4.78 is 13.2. The van der Waals surface area contributed by atoms with Crippen LogP contribution < -0.4 is 5.32 Å². The van der Waals surface area contributed by atoms with Crippen LogP contribution in [-0.4, -0.2) is 30.6 Å². The van der Waals surface area contributed by atoms with Crippen molar-refractivity contribution >= 4 is 0 Å². The van der Waals surface area contributed by atoms with E-state index in [1.54, 1.807) is 12.1 Å². The van der Waals surface area contributed by atoms with Gasteiger partial charge in [-0.1, -0.05) is 12.1 Å². The van der Waals surface area contributed by atoms with E-state index in [1.807, 2.05) is 6.07 Å². The first-order valence-corrected chi connectivity index (χ1v) is 7.01. The number of rotatable bonds is 2. The maximum atomic E-state index is 13.2. The van der Waals surface area contributed by atoms with Crippen molar-refractivity contribution < 1.29 is 4.39 Å². The number of nitrogens with one attached hydrogen (secondary N) is 1. The van der Waals surface area contributed by atoms with Crippen LogP contribution in [-0.2, 0) is 6.54 Å². The maximum Gasteiger partial charge on any atom is 0.123 e. The number of likely N-dealkylation sites (tertiary alicyclic amines) is 1. The summed E-state index contributed by atoms with van der Waals surface area (Å²) in [5, 5.41) is 3.63. The molecular weight excluding hydrogens is 227 g/mol. The minimum Gasteiger partial charge on any atom is -0.314 e. The Kier molecular flexibility index (Phi) is 3.62. The zero-order valence-corrected chi connectivity index (χ0v) is 10.7. The summed E-state index contributed by atoms with van der Waals surface area (Å²) in [6, 6.07) is 7.72. The van der Waals surface area contributed by atoms with Crippen molar-refractivity contribution in [3.05, 3.63) is 35.6 Å². The van der Waals surface area contributed by atoms with Crippen molar-refractivity contribution in [2.45, 2.75) is 31.8 Å². The molecule has 0 spiro atoms. The number of benzene rings is 1. The Morgan fingerprint density at radius 2 is 2.28 bits per heavy atom. The fraction of sp³-hybridized carbons (Fsp3) is 0.600. The Morgan fingerprint density at radius 1 is 1.33 bits per heavy atom. The van der Waals surface area contributed by atoms with Gasteiger partial charge < -0.3 is 5.32 Å². The summed E-state index contributed by atoms with van der Waals surface area (Å²) in [6.07, 6.45) is 3.88. The molecule has 2 heterocycles. The quantitative estimate of drug-likeness (QED) is 0.864. The van der Waals surface area contributed by atoms with Crippen molar-refractivity contribution in [2.75, 3.05) is 19.6 Å². The lowest BCUT2D eigenvalue weighted by atomic mass is 9.85. The molecule has 0 radical (unpaired) electrons. The van der Waals surface area contributed by atoms with E-state index in [4.69, 9.17) is 0 Å². The van der Waals surface area contributed by atoms with Gasteiger partial charge in [-0.25, -0.2) is 4.39 Å². The summed E-state index contributed by atoms with van der Waals surface area (Å²) in [4.78, 5) is 2.48. The Hall–Kier alpha value is -0.930. The molecule has 98 valence electrons. The number of piperidine rings is 2. The van der Waals surface area contributed by atoms with Gasteiger partial charge in [0.25, 0.3) is 0 Å². The van der Waals surface area contributed by atoms with Gasteiger partial charge in [0.05, 0.1) is 0 Å². The zero-order valence-electron chi connectivity index (χ0n) is 10.7. The molecule has 3 heteroatoms. The van der Waals surface area contributed by atoms with Crippen LogP contribution in [0.25, 0.3) is 0 Å². The predicted molar refractivity (Wildman–Crippen MR) is 70.8 cm³/mol. The molecule has 1 N–H and O–H groups in total. The number of halogens is 1. The predicted octanol–water partition coefficient (Wildman–Crippen LogP) is 2.40. The average Bonchev–Trinajstić information content (AvgIpc) is 2.39. The molecule has 2 atom stereocenters. The molecule has 2 nitrogen and oxygen atoms in total. The highest BCUT2D eigenvalue weighted by Crippen LogP contribution is 2.25. The first-order valence-electron chi connectivity index (χ1n) is 7.01. The van der Waals surface area contributed by atoms with Gasteiger partial charge in [0, 0.05) is 19.1 Å². The number of hydrogen-bond donors (Lipinski definition) is 1. The second-order valence-corrected chi connectivity index (χ2v) is 5.62. The molecule has 0 aromatic heterocycles. The number of nitrogens with zero attached hydrogens (tertiary/aromatic N) is 1. The fourth-order valence-corrected chi connectivity index (χ4v) is 3.36. The monoisotopic (exact) mass is 248 g/mol. The third kappa shape index (κ3) is 2.73. The van der Waals surface area contributed by atoms with E-state index in [0.717, 1.165) is 37.2 Å². The van der Waals surface area contributed by atoms with Crippen LogP contribution in [0.5, 0.6) is 0 Å². The lowest BCUT2D eigenvalue weighted by Gasteiger charge is -2.41. The zero-order chi connectivity index (χ0) is 12.4. The van der Waals surface area contributed by atoms with Crippen molar-refractivity contribution in [3.63, 3.8) is 0 Å². The van der Waals surface area contributed by atoms with Gasteiger partial charge in [-0.3, -0.25) is 4.90 Å². The molecule has 1 aromatic rings. The van der Waals surface area contributed by atoms with Crippen molar-refractivity contribution in [3.8, 4) is 0 Å². The van der Waals surface area contributed by atoms with Gasteiger partial charge in [0.15, 0.2) is 0 Å². The number of hydrogen-bond acceptors (Lipinski definition) is 2. The van der Waals surface area contributed by atoms with Crippen molar-refractivity contribution in [1.82, 2.24) is 10.2 Å². The summed E-state index contributed by atoms with van der Waals surface area (Å²) in [7, 11) is 0. The largest absolute Gasteiger partial charge is 0.314 e. The minimum absolute atomic E-state index is 0.123. The summed E-state index contributed by atoms with van der Waals surface area (Å²) in [5.41, 5.74) is 1.09. The average molecular weight is 248 g/mol.